The minimum atomic E-state index is -0.408. The van der Waals surface area contributed by atoms with Gasteiger partial charge in [-0.05, 0) is 19.3 Å². The van der Waals surface area contributed by atoms with Crippen molar-refractivity contribution >= 4 is 11.8 Å². The highest BCUT2D eigenvalue weighted by Crippen LogP contribution is 2.31. The van der Waals surface area contributed by atoms with Gasteiger partial charge >= 0.3 is 0 Å². The highest BCUT2D eigenvalue weighted by Gasteiger charge is 2.38. The number of hydrogen-bond acceptors (Lipinski definition) is 3. The normalized spacial score (nSPS) is 16.8. The Hall–Kier alpha value is -1.10. The molecule has 0 bridgehead atoms. The maximum Gasteiger partial charge on any atom is 0.230 e. The van der Waals surface area contributed by atoms with E-state index in [2.05, 4.69) is 13.8 Å². The molecular formula is C16H31N3O2. The number of carbonyl (C=O) groups is 2. The minimum Gasteiger partial charge on any atom is -0.341 e. The summed E-state index contributed by atoms with van der Waals surface area (Å²) < 4.78 is 0. The van der Waals surface area contributed by atoms with Crippen molar-refractivity contribution in [3.63, 3.8) is 0 Å². The fourth-order valence-corrected chi connectivity index (χ4v) is 3.36. The Labute approximate surface area is 128 Å². The summed E-state index contributed by atoms with van der Waals surface area (Å²) in [7, 11) is 0. The van der Waals surface area contributed by atoms with Crippen molar-refractivity contribution in [2.24, 2.45) is 11.1 Å². The second-order valence-electron chi connectivity index (χ2n) is 6.14. The van der Waals surface area contributed by atoms with Crippen molar-refractivity contribution in [1.29, 1.82) is 0 Å². The van der Waals surface area contributed by atoms with Crippen LogP contribution in [0.25, 0.3) is 0 Å². The molecule has 0 atom stereocenters. The van der Waals surface area contributed by atoms with Gasteiger partial charge in [0.2, 0.25) is 11.8 Å². The maximum atomic E-state index is 13.0. The van der Waals surface area contributed by atoms with Crippen LogP contribution in [-0.2, 0) is 9.59 Å². The molecule has 1 rings (SSSR count). The second-order valence-corrected chi connectivity index (χ2v) is 6.14. The van der Waals surface area contributed by atoms with Crippen molar-refractivity contribution in [2.75, 3.05) is 32.7 Å². The monoisotopic (exact) mass is 297 g/mol. The topological polar surface area (TPSA) is 66.6 Å². The lowest BCUT2D eigenvalue weighted by Crippen LogP contribution is -2.49. The van der Waals surface area contributed by atoms with Gasteiger partial charge in [0.25, 0.3) is 0 Å². The van der Waals surface area contributed by atoms with Crippen LogP contribution in [0.15, 0.2) is 0 Å². The average Bonchev–Trinajstić information content (AvgIpc) is 2.72. The first-order valence-electron chi connectivity index (χ1n) is 8.25. The zero-order chi connectivity index (χ0) is 15.9. The van der Waals surface area contributed by atoms with Crippen LogP contribution in [0.5, 0.6) is 0 Å². The van der Waals surface area contributed by atoms with Gasteiger partial charge < -0.3 is 15.5 Å². The van der Waals surface area contributed by atoms with Crippen molar-refractivity contribution in [1.82, 2.24) is 9.80 Å². The SMILES string of the molecule is CCCC(CN)(CCC)C(=O)N1CCCN(C(C)=O)CC1. The average molecular weight is 297 g/mol. The molecule has 0 aliphatic carbocycles. The number of rotatable bonds is 6. The molecular weight excluding hydrogens is 266 g/mol. The Morgan fingerprint density at radius 2 is 1.52 bits per heavy atom. The highest BCUT2D eigenvalue weighted by atomic mass is 16.2. The summed E-state index contributed by atoms with van der Waals surface area (Å²) in [6.07, 6.45) is 4.49. The fraction of sp³-hybridized carbons (Fsp3) is 0.875. The van der Waals surface area contributed by atoms with Crippen LogP contribution in [0.4, 0.5) is 0 Å². The molecule has 0 spiro atoms. The summed E-state index contributed by atoms with van der Waals surface area (Å²) in [5, 5.41) is 0. The van der Waals surface area contributed by atoms with E-state index in [1.165, 1.54) is 0 Å². The first kappa shape index (κ1) is 18.0. The van der Waals surface area contributed by atoms with Gasteiger partial charge in [-0.1, -0.05) is 26.7 Å². The summed E-state index contributed by atoms with van der Waals surface area (Å²) in [6, 6.07) is 0. The number of nitrogens with zero attached hydrogens (tertiary/aromatic N) is 2. The molecule has 122 valence electrons. The second kappa shape index (κ2) is 8.37. The maximum absolute atomic E-state index is 13.0. The Balaban J connectivity index is 2.81. The Kier molecular flexibility index (Phi) is 7.15. The summed E-state index contributed by atoms with van der Waals surface area (Å²) >= 11 is 0. The van der Waals surface area contributed by atoms with Gasteiger partial charge in [0.15, 0.2) is 0 Å². The Morgan fingerprint density at radius 1 is 1.00 bits per heavy atom. The van der Waals surface area contributed by atoms with Crippen LogP contribution >= 0.6 is 0 Å². The van der Waals surface area contributed by atoms with Gasteiger partial charge in [-0.2, -0.15) is 0 Å². The zero-order valence-electron chi connectivity index (χ0n) is 13.9. The zero-order valence-corrected chi connectivity index (χ0v) is 13.9. The van der Waals surface area contributed by atoms with E-state index in [0.717, 1.165) is 45.2 Å². The molecule has 1 heterocycles. The third-order valence-corrected chi connectivity index (χ3v) is 4.53. The van der Waals surface area contributed by atoms with Crippen molar-refractivity contribution in [2.45, 2.75) is 52.9 Å². The summed E-state index contributed by atoms with van der Waals surface area (Å²) in [6.45, 7) is 8.97. The standard InChI is InChI=1S/C16H31N3O2/c1-4-7-16(13-17,8-5-2)15(21)19-10-6-9-18(11-12-19)14(3)20/h4-13,17H2,1-3H3. The van der Waals surface area contributed by atoms with Crippen LogP contribution in [0.1, 0.15) is 52.9 Å². The fourth-order valence-electron chi connectivity index (χ4n) is 3.36. The molecule has 0 radical (unpaired) electrons. The number of carbonyl (C=O) groups excluding carboxylic acids is 2. The van der Waals surface area contributed by atoms with E-state index in [-0.39, 0.29) is 11.8 Å². The van der Waals surface area contributed by atoms with Crippen LogP contribution in [-0.4, -0.2) is 54.3 Å². The van der Waals surface area contributed by atoms with Crippen molar-refractivity contribution in [3.8, 4) is 0 Å². The molecule has 0 aromatic rings. The van der Waals surface area contributed by atoms with Crippen LogP contribution < -0.4 is 5.73 Å². The van der Waals surface area contributed by atoms with Gasteiger partial charge in [0.1, 0.15) is 0 Å². The van der Waals surface area contributed by atoms with E-state index in [1.807, 2.05) is 9.80 Å². The number of nitrogens with two attached hydrogens (primary N) is 1. The molecule has 2 N–H and O–H groups in total. The van der Waals surface area contributed by atoms with E-state index < -0.39 is 5.41 Å². The van der Waals surface area contributed by atoms with Gasteiger partial charge in [-0.15, -0.1) is 0 Å². The lowest BCUT2D eigenvalue weighted by molar-refractivity contribution is -0.143. The minimum absolute atomic E-state index is 0.0940. The smallest absolute Gasteiger partial charge is 0.230 e. The van der Waals surface area contributed by atoms with Crippen LogP contribution in [0.3, 0.4) is 0 Å². The third kappa shape index (κ3) is 4.43. The Bertz CT molecular complexity index is 351. The number of amides is 2. The largest absolute Gasteiger partial charge is 0.341 e. The van der Waals surface area contributed by atoms with Crippen molar-refractivity contribution in [3.05, 3.63) is 0 Å². The molecule has 21 heavy (non-hydrogen) atoms. The molecule has 0 aromatic heterocycles. The van der Waals surface area contributed by atoms with E-state index >= 15 is 0 Å². The first-order valence-corrected chi connectivity index (χ1v) is 8.25. The lowest BCUT2D eigenvalue weighted by Gasteiger charge is -2.36. The molecule has 0 unspecified atom stereocenters. The number of hydrogen-bond donors (Lipinski definition) is 1. The van der Waals surface area contributed by atoms with Crippen LogP contribution in [0.2, 0.25) is 0 Å². The molecule has 1 saturated heterocycles. The summed E-state index contributed by atoms with van der Waals surface area (Å²) in [4.78, 5) is 28.3. The van der Waals surface area contributed by atoms with Gasteiger partial charge in [0.05, 0.1) is 5.41 Å². The quantitative estimate of drug-likeness (QED) is 0.810. The summed E-state index contributed by atoms with van der Waals surface area (Å²) in [5.74, 6) is 0.288. The van der Waals surface area contributed by atoms with Gasteiger partial charge in [0, 0.05) is 39.6 Å². The van der Waals surface area contributed by atoms with E-state index in [0.29, 0.717) is 19.6 Å². The molecule has 0 saturated carbocycles. The molecule has 0 aromatic carbocycles. The summed E-state index contributed by atoms with van der Waals surface area (Å²) in [5.41, 5.74) is 5.58. The predicted octanol–water partition coefficient (Wildman–Crippen LogP) is 1.61. The van der Waals surface area contributed by atoms with Gasteiger partial charge in [-0.25, -0.2) is 0 Å². The van der Waals surface area contributed by atoms with E-state index in [4.69, 9.17) is 5.73 Å². The first-order chi connectivity index (χ1) is 10.0. The molecule has 2 amide bonds. The van der Waals surface area contributed by atoms with E-state index in [1.54, 1.807) is 6.92 Å². The highest BCUT2D eigenvalue weighted by molar-refractivity contribution is 5.83. The molecule has 1 aliphatic rings. The molecule has 5 nitrogen and oxygen atoms in total. The predicted molar refractivity (Wildman–Crippen MR) is 84.8 cm³/mol. The molecule has 5 heteroatoms. The lowest BCUT2D eigenvalue weighted by atomic mass is 9.78. The molecule has 1 fully saturated rings. The third-order valence-electron chi connectivity index (χ3n) is 4.53. The van der Waals surface area contributed by atoms with Crippen LogP contribution in [0, 0.1) is 5.41 Å². The van der Waals surface area contributed by atoms with E-state index in [9.17, 15) is 9.59 Å². The Morgan fingerprint density at radius 3 is 2.00 bits per heavy atom. The van der Waals surface area contributed by atoms with Gasteiger partial charge in [-0.3, -0.25) is 9.59 Å². The van der Waals surface area contributed by atoms with Crippen molar-refractivity contribution < 1.29 is 9.59 Å². The molecule has 1 aliphatic heterocycles.